The highest BCUT2D eigenvalue weighted by molar-refractivity contribution is 7.21. The predicted molar refractivity (Wildman–Crippen MR) is 108 cm³/mol. The standard InChI is InChI=1S/C23H21NS/c1-2-8-20(17-9-4-3-5-10-17)18-13-15-19(16-14-18)23-24-21-11-6-7-12-22(21)25-23/h3-7,9-16,20H,2,8H2,1H3. The van der Waals surface area contributed by atoms with Gasteiger partial charge in [0, 0.05) is 11.5 Å². The Morgan fingerprint density at radius 1 is 0.800 bits per heavy atom. The molecule has 0 spiro atoms. The second-order valence-corrected chi connectivity index (χ2v) is 7.39. The Balaban J connectivity index is 1.66. The summed E-state index contributed by atoms with van der Waals surface area (Å²) in [5, 5.41) is 1.10. The van der Waals surface area contributed by atoms with Gasteiger partial charge in [0.25, 0.3) is 0 Å². The molecule has 0 fully saturated rings. The highest BCUT2D eigenvalue weighted by Gasteiger charge is 2.13. The van der Waals surface area contributed by atoms with Crippen molar-refractivity contribution in [2.24, 2.45) is 0 Å². The molecule has 2 heteroatoms. The molecule has 0 saturated carbocycles. The molecule has 0 aliphatic rings. The Hall–Kier alpha value is -2.45. The molecule has 0 amide bonds. The highest BCUT2D eigenvalue weighted by atomic mass is 32.1. The normalized spacial score (nSPS) is 12.4. The Morgan fingerprint density at radius 3 is 2.20 bits per heavy atom. The lowest BCUT2D eigenvalue weighted by Gasteiger charge is -2.17. The van der Waals surface area contributed by atoms with Crippen molar-refractivity contribution in [1.29, 1.82) is 0 Å². The first-order valence-electron chi connectivity index (χ1n) is 8.86. The summed E-state index contributed by atoms with van der Waals surface area (Å²) in [7, 11) is 0. The second kappa shape index (κ2) is 7.20. The molecule has 0 aliphatic heterocycles. The SMILES string of the molecule is CCCC(c1ccccc1)c1ccc(-c2nc3ccccc3s2)cc1. The van der Waals surface area contributed by atoms with Crippen LogP contribution in [0.1, 0.15) is 36.8 Å². The van der Waals surface area contributed by atoms with E-state index >= 15 is 0 Å². The number of para-hydroxylation sites is 1. The predicted octanol–water partition coefficient (Wildman–Crippen LogP) is 6.90. The van der Waals surface area contributed by atoms with Gasteiger partial charge in [-0.15, -0.1) is 11.3 Å². The molecule has 25 heavy (non-hydrogen) atoms. The lowest BCUT2D eigenvalue weighted by Crippen LogP contribution is -2.00. The van der Waals surface area contributed by atoms with Crippen molar-refractivity contribution in [3.63, 3.8) is 0 Å². The van der Waals surface area contributed by atoms with E-state index in [9.17, 15) is 0 Å². The van der Waals surface area contributed by atoms with Crippen LogP contribution in [0, 0.1) is 0 Å². The Bertz CT molecular complexity index is 921. The maximum atomic E-state index is 4.77. The summed E-state index contributed by atoms with van der Waals surface area (Å²) in [6.07, 6.45) is 2.35. The average molecular weight is 343 g/mol. The fourth-order valence-corrected chi connectivity index (χ4v) is 4.32. The summed E-state index contributed by atoms with van der Waals surface area (Å²) in [6, 6.07) is 28.1. The third-order valence-corrected chi connectivity index (χ3v) is 5.72. The molecule has 124 valence electrons. The number of nitrogens with zero attached hydrogens (tertiary/aromatic N) is 1. The van der Waals surface area contributed by atoms with Crippen LogP contribution < -0.4 is 0 Å². The number of aromatic nitrogens is 1. The van der Waals surface area contributed by atoms with Crippen molar-refractivity contribution in [3.05, 3.63) is 90.0 Å². The molecule has 4 aromatic rings. The first-order chi connectivity index (χ1) is 12.3. The van der Waals surface area contributed by atoms with E-state index in [-0.39, 0.29) is 0 Å². The van der Waals surface area contributed by atoms with Gasteiger partial charge in [-0.25, -0.2) is 4.98 Å². The van der Waals surface area contributed by atoms with Gasteiger partial charge in [0.1, 0.15) is 5.01 Å². The van der Waals surface area contributed by atoms with E-state index in [2.05, 4.69) is 79.7 Å². The molecule has 0 radical (unpaired) electrons. The van der Waals surface area contributed by atoms with E-state index in [1.165, 1.54) is 34.2 Å². The van der Waals surface area contributed by atoms with Gasteiger partial charge in [-0.1, -0.05) is 80.1 Å². The van der Waals surface area contributed by atoms with Crippen molar-refractivity contribution in [2.45, 2.75) is 25.7 Å². The third-order valence-electron chi connectivity index (χ3n) is 4.63. The van der Waals surface area contributed by atoms with Gasteiger partial charge in [0.2, 0.25) is 0 Å². The zero-order valence-corrected chi connectivity index (χ0v) is 15.2. The number of fused-ring (bicyclic) bond motifs is 1. The molecule has 0 saturated heterocycles. The van der Waals surface area contributed by atoms with Crippen LogP contribution in [0.2, 0.25) is 0 Å². The van der Waals surface area contributed by atoms with Gasteiger partial charge in [-0.2, -0.15) is 0 Å². The van der Waals surface area contributed by atoms with Crippen molar-refractivity contribution >= 4 is 21.6 Å². The monoisotopic (exact) mass is 343 g/mol. The van der Waals surface area contributed by atoms with Gasteiger partial charge >= 0.3 is 0 Å². The second-order valence-electron chi connectivity index (χ2n) is 6.36. The maximum Gasteiger partial charge on any atom is 0.124 e. The molecule has 1 heterocycles. The third kappa shape index (κ3) is 3.35. The zero-order chi connectivity index (χ0) is 17.1. The topological polar surface area (TPSA) is 12.9 Å². The fourth-order valence-electron chi connectivity index (χ4n) is 3.35. The quantitative estimate of drug-likeness (QED) is 0.384. The molecule has 1 nitrogen and oxygen atoms in total. The van der Waals surface area contributed by atoms with Crippen molar-refractivity contribution in [1.82, 2.24) is 4.98 Å². The van der Waals surface area contributed by atoms with Crippen LogP contribution in [0.5, 0.6) is 0 Å². The number of thiazole rings is 1. The van der Waals surface area contributed by atoms with E-state index < -0.39 is 0 Å². The molecule has 3 aromatic carbocycles. The molecule has 1 unspecified atom stereocenters. The molecule has 4 rings (SSSR count). The lowest BCUT2D eigenvalue weighted by molar-refractivity contribution is 0.698. The molecule has 0 N–H and O–H groups in total. The minimum Gasteiger partial charge on any atom is -0.236 e. The van der Waals surface area contributed by atoms with E-state index in [1.54, 1.807) is 11.3 Å². The van der Waals surface area contributed by atoms with E-state index in [0.29, 0.717) is 5.92 Å². The average Bonchev–Trinajstić information content (AvgIpc) is 3.11. The van der Waals surface area contributed by atoms with Crippen LogP contribution in [-0.2, 0) is 0 Å². The molecule has 1 atom stereocenters. The minimum atomic E-state index is 0.468. The van der Waals surface area contributed by atoms with Crippen LogP contribution in [0.15, 0.2) is 78.9 Å². The zero-order valence-electron chi connectivity index (χ0n) is 14.4. The van der Waals surface area contributed by atoms with Crippen LogP contribution >= 0.6 is 11.3 Å². The fraction of sp³-hybridized carbons (Fsp3) is 0.174. The summed E-state index contributed by atoms with van der Waals surface area (Å²) in [4.78, 5) is 4.77. The number of hydrogen-bond donors (Lipinski definition) is 0. The first kappa shape index (κ1) is 16.0. The van der Waals surface area contributed by atoms with Crippen LogP contribution in [0.4, 0.5) is 0 Å². The van der Waals surface area contributed by atoms with Crippen molar-refractivity contribution < 1.29 is 0 Å². The smallest absolute Gasteiger partial charge is 0.124 e. The van der Waals surface area contributed by atoms with Crippen molar-refractivity contribution in [3.8, 4) is 10.6 Å². The van der Waals surface area contributed by atoms with Crippen LogP contribution in [0.3, 0.4) is 0 Å². The van der Waals surface area contributed by atoms with Gasteiger partial charge in [0.05, 0.1) is 10.2 Å². The lowest BCUT2D eigenvalue weighted by atomic mass is 9.87. The van der Waals surface area contributed by atoms with Gasteiger partial charge in [-0.3, -0.25) is 0 Å². The number of benzene rings is 3. The van der Waals surface area contributed by atoms with Gasteiger partial charge in [0.15, 0.2) is 0 Å². The van der Waals surface area contributed by atoms with Gasteiger partial charge < -0.3 is 0 Å². The highest BCUT2D eigenvalue weighted by Crippen LogP contribution is 2.33. The Morgan fingerprint density at radius 2 is 1.48 bits per heavy atom. The minimum absolute atomic E-state index is 0.468. The summed E-state index contributed by atoms with van der Waals surface area (Å²) in [6.45, 7) is 2.26. The van der Waals surface area contributed by atoms with Gasteiger partial charge in [-0.05, 0) is 29.7 Å². The summed E-state index contributed by atoms with van der Waals surface area (Å²) in [5.74, 6) is 0.468. The van der Waals surface area contributed by atoms with E-state index in [1.807, 2.05) is 6.07 Å². The molecular weight excluding hydrogens is 322 g/mol. The van der Waals surface area contributed by atoms with E-state index in [0.717, 1.165) is 10.5 Å². The van der Waals surface area contributed by atoms with Crippen LogP contribution in [-0.4, -0.2) is 4.98 Å². The Kier molecular flexibility index (Phi) is 4.62. The summed E-state index contributed by atoms with van der Waals surface area (Å²) in [5.41, 5.74) is 5.07. The molecule has 0 aliphatic carbocycles. The van der Waals surface area contributed by atoms with Crippen LogP contribution in [0.25, 0.3) is 20.8 Å². The Labute approximate surface area is 153 Å². The van der Waals surface area contributed by atoms with E-state index in [4.69, 9.17) is 4.98 Å². The summed E-state index contributed by atoms with van der Waals surface area (Å²) < 4.78 is 1.25. The molecule has 1 aromatic heterocycles. The number of rotatable bonds is 5. The largest absolute Gasteiger partial charge is 0.236 e. The maximum absolute atomic E-state index is 4.77. The number of hydrogen-bond acceptors (Lipinski definition) is 2. The van der Waals surface area contributed by atoms with Crippen molar-refractivity contribution in [2.75, 3.05) is 0 Å². The summed E-state index contributed by atoms with van der Waals surface area (Å²) >= 11 is 1.76. The molecular formula is C23H21NS. The first-order valence-corrected chi connectivity index (χ1v) is 9.67. The molecule has 0 bridgehead atoms.